The van der Waals surface area contributed by atoms with Gasteiger partial charge in [0, 0.05) is 18.2 Å². The van der Waals surface area contributed by atoms with Crippen molar-refractivity contribution >= 4 is 0 Å². The Bertz CT molecular complexity index is 477. The lowest BCUT2D eigenvalue weighted by atomic mass is 10.1. The molecule has 4 heteroatoms. The Balaban J connectivity index is 2.08. The van der Waals surface area contributed by atoms with Crippen LogP contribution < -0.4 is 10.1 Å². The quantitative estimate of drug-likeness (QED) is 0.851. The van der Waals surface area contributed by atoms with Crippen molar-refractivity contribution in [2.24, 2.45) is 0 Å². The Kier molecular flexibility index (Phi) is 4.36. The van der Waals surface area contributed by atoms with Crippen molar-refractivity contribution in [2.75, 3.05) is 13.2 Å². The molecule has 0 amide bonds. The molecule has 0 unspecified atom stereocenters. The second kappa shape index (κ2) is 6.21. The van der Waals surface area contributed by atoms with E-state index >= 15 is 0 Å². The number of nitrogens with zero attached hydrogens (tertiary/aromatic N) is 1. The number of rotatable bonds is 6. The van der Waals surface area contributed by atoms with E-state index in [0.717, 1.165) is 35.9 Å². The molecule has 0 fully saturated rings. The van der Waals surface area contributed by atoms with E-state index in [-0.39, 0.29) is 0 Å². The zero-order chi connectivity index (χ0) is 12.8. The summed E-state index contributed by atoms with van der Waals surface area (Å²) in [5.41, 5.74) is 1.93. The molecule has 1 N–H and O–H groups in total. The second-order valence-corrected chi connectivity index (χ2v) is 3.92. The lowest BCUT2D eigenvalue weighted by Gasteiger charge is -2.02. The predicted molar refractivity (Wildman–Crippen MR) is 70.5 cm³/mol. The zero-order valence-corrected chi connectivity index (χ0v) is 10.8. The maximum Gasteiger partial charge on any atom is 0.167 e. The van der Waals surface area contributed by atoms with Gasteiger partial charge in [-0.1, -0.05) is 12.1 Å². The average Bonchev–Trinajstić information content (AvgIpc) is 2.86. The minimum atomic E-state index is 0.675. The highest BCUT2D eigenvalue weighted by molar-refractivity contribution is 5.58. The Morgan fingerprint density at radius 2 is 2.00 bits per heavy atom. The second-order valence-electron chi connectivity index (χ2n) is 3.92. The van der Waals surface area contributed by atoms with Crippen LogP contribution in [-0.4, -0.2) is 18.3 Å². The Hall–Kier alpha value is -1.81. The molecule has 18 heavy (non-hydrogen) atoms. The van der Waals surface area contributed by atoms with Gasteiger partial charge in [-0.2, -0.15) is 0 Å². The first kappa shape index (κ1) is 12.6. The van der Waals surface area contributed by atoms with Crippen molar-refractivity contribution < 1.29 is 9.26 Å². The molecule has 0 aliphatic carbocycles. The molecule has 0 atom stereocenters. The number of nitrogens with one attached hydrogen (secondary N) is 1. The summed E-state index contributed by atoms with van der Waals surface area (Å²) in [7, 11) is 0. The van der Waals surface area contributed by atoms with Crippen LogP contribution in [0.15, 0.2) is 34.9 Å². The van der Waals surface area contributed by atoms with Crippen LogP contribution in [0.1, 0.15) is 19.5 Å². The van der Waals surface area contributed by atoms with Crippen molar-refractivity contribution in [3.05, 3.63) is 36.0 Å². The number of benzene rings is 1. The molecule has 1 aromatic carbocycles. The molecule has 1 heterocycles. The predicted octanol–water partition coefficient (Wildman–Crippen LogP) is 2.85. The van der Waals surface area contributed by atoms with Crippen molar-refractivity contribution in [3.8, 4) is 17.1 Å². The topological polar surface area (TPSA) is 47.3 Å². The van der Waals surface area contributed by atoms with Gasteiger partial charge >= 0.3 is 0 Å². The summed E-state index contributed by atoms with van der Waals surface area (Å²) in [5, 5.41) is 7.23. The Morgan fingerprint density at radius 1 is 1.22 bits per heavy atom. The van der Waals surface area contributed by atoms with Crippen molar-refractivity contribution in [1.82, 2.24) is 10.5 Å². The van der Waals surface area contributed by atoms with E-state index in [0.29, 0.717) is 6.61 Å². The average molecular weight is 246 g/mol. The van der Waals surface area contributed by atoms with E-state index in [1.165, 1.54) is 0 Å². The molecule has 0 aliphatic heterocycles. The minimum Gasteiger partial charge on any atom is -0.494 e. The molecule has 96 valence electrons. The number of hydrogen-bond donors (Lipinski definition) is 1. The third-order valence-electron chi connectivity index (χ3n) is 2.56. The van der Waals surface area contributed by atoms with Gasteiger partial charge < -0.3 is 14.6 Å². The van der Waals surface area contributed by atoms with Crippen LogP contribution in [0.2, 0.25) is 0 Å². The molecule has 0 aliphatic rings. The van der Waals surface area contributed by atoms with Crippen LogP contribution in [0.25, 0.3) is 11.3 Å². The van der Waals surface area contributed by atoms with Crippen LogP contribution in [0.3, 0.4) is 0 Å². The van der Waals surface area contributed by atoms with Crippen LogP contribution in [-0.2, 0) is 6.54 Å². The summed E-state index contributed by atoms with van der Waals surface area (Å²) >= 11 is 0. The minimum absolute atomic E-state index is 0.675. The first-order valence-electron chi connectivity index (χ1n) is 6.23. The third-order valence-corrected chi connectivity index (χ3v) is 2.56. The Morgan fingerprint density at radius 3 is 2.67 bits per heavy atom. The SMILES string of the molecule is CCNCc1cc(-c2ccc(OCC)cc2)on1. The first-order chi connectivity index (χ1) is 8.83. The first-order valence-corrected chi connectivity index (χ1v) is 6.23. The summed E-state index contributed by atoms with van der Waals surface area (Å²) in [4.78, 5) is 0. The third kappa shape index (κ3) is 3.11. The van der Waals surface area contributed by atoms with E-state index in [9.17, 15) is 0 Å². The van der Waals surface area contributed by atoms with Gasteiger partial charge in [0.2, 0.25) is 0 Å². The van der Waals surface area contributed by atoms with E-state index < -0.39 is 0 Å². The van der Waals surface area contributed by atoms with Gasteiger partial charge in [-0.05, 0) is 37.7 Å². The summed E-state index contributed by atoms with van der Waals surface area (Å²) in [5.74, 6) is 1.65. The highest BCUT2D eigenvalue weighted by atomic mass is 16.5. The largest absolute Gasteiger partial charge is 0.494 e. The van der Waals surface area contributed by atoms with Gasteiger partial charge in [0.1, 0.15) is 5.75 Å². The lowest BCUT2D eigenvalue weighted by Crippen LogP contribution is -2.11. The van der Waals surface area contributed by atoms with Gasteiger partial charge in [0.05, 0.1) is 12.3 Å². The lowest BCUT2D eigenvalue weighted by molar-refractivity contribution is 0.340. The molecule has 4 nitrogen and oxygen atoms in total. The molecule has 2 rings (SSSR count). The molecule has 0 radical (unpaired) electrons. The maximum absolute atomic E-state index is 5.40. The number of ether oxygens (including phenoxy) is 1. The highest BCUT2D eigenvalue weighted by Crippen LogP contribution is 2.23. The van der Waals surface area contributed by atoms with E-state index in [4.69, 9.17) is 9.26 Å². The molecule has 0 bridgehead atoms. The van der Waals surface area contributed by atoms with Gasteiger partial charge in [-0.3, -0.25) is 0 Å². The molecule has 2 aromatic rings. The van der Waals surface area contributed by atoms with Crippen molar-refractivity contribution in [1.29, 1.82) is 0 Å². The van der Waals surface area contributed by atoms with Crippen LogP contribution in [0.5, 0.6) is 5.75 Å². The summed E-state index contributed by atoms with van der Waals surface area (Å²) in [6.45, 7) is 6.36. The highest BCUT2D eigenvalue weighted by Gasteiger charge is 2.06. The van der Waals surface area contributed by atoms with Crippen molar-refractivity contribution in [3.63, 3.8) is 0 Å². The van der Waals surface area contributed by atoms with Crippen LogP contribution in [0, 0.1) is 0 Å². The zero-order valence-electron chi connectivity index (χ0n) is 10.8. The maximum atomic E-state index is 5.40. The fourth-order valence-corrected chi connectivity index (χ4v) is 1.67. The molecular weight excluding hydrogens is 228 g/mol. The summed E-state index contributed by atoms with van der Waals surface area (Å²) < 4.78 is 10.7. The van der Waals surface area contributed by atoms with Crippen LogP contribution in [0.4, 0.5) is 0 Å². The molecule has 1 aromatic heterocycles. The number of hydrogen-bond acceptors (Lipinski definition) is 4. The molecule has 0 saturated heterocycles. The van der Waals surface area contributed by atoms with E-state index in [2.05, 4.69) is 17.4 Å². The fourth-order valence-electron chi connectivity index (χ4n) is 1.67. The standard InChI is InChI=1S/C14H18N2O2/c1-3-15-10-12-9-14(18-16-12)11-5-7-13(8-6-11)17-4-2/h5-9,15H,3-4,10H2,1-2H3. The van der Waals surface area contributed by atoms with Gasteiger partial charge in [0.15, 0.2) is 5.76 Å². The van der Waals surface area contributed by atoms with Gasteiger partial charge in [0.25, 0.3) is 0 Å². The summed E-state index contributed by atoms with van der Waals surface area (Å²) in [6.07, 6.45) is 0. The van der Waals surface area contributed by atoms with Gasteiger partial charge in [-0.25, -0.2) is 0 Å². The molecule has 0 spiro atoms. The Labute approximate surface area is 107 Å². The summed E-state index contributed by atoms with van der Waals surface area (Å²) in [6, 6.07) is 9.78. The monoisotopic (exact) mass is 246 g/mol. The van der Waals surface area contributed by atoms with E-state index in [1.807, 2.05) is 37.3 Å². The van der Waals surface area contributed by atoms with Crippen LogP contribution >= 0.6 is 0 Å². The fraction of sp³-hybridized carbons (Fsp3) is 0.357. The van der Waals surface area contributed by atoms with Gasteiger partial charge in [-0.15, -0.1) is 0 Å². The normalized spacial score (nSPS) is 10.6. The molecule has 0 saturated carbocycles. The molecular formula is C14H18N2O2. The number of aromatic nitrogens is 1. The van der Waals surface area contributed by atoms with Crippen molar-refractivity contribution in [2.45, 2.75) is 20.4 Å². The smallest absolute Gasteiger partial charge is 0.167 e. The van der Waals surface area contributed by atoms with E-state index in [1.54, 1.807) is 0 Å².